The van der Waals surface area contributed by atoms with Crippen molar-refractivity contribution in [2.75, 3.05) is 7.11 Å². The number of ether oxygens (including phenoxy) is 2. The largest absolute Gasteiger partial charge is 0.493 e. The summed E-state index contributed by atoms with van der Waals surface area (Å²) in [4.78, 5) is 11.2. The molecule has 0 bridgehead atoms. The number of hydrogen-bond acceptors (Lipinski definition) is 3. The number of H-pyrrole nitrogens is 2. The Kier molecular flexibility index (Phi) is 3.96. The summed E-state index contributed by atoms with van der Waals surface area (Å²) in [5.74, 6) is 1.28. The van der Waals surface area contributed by atoms with Crippen LogP contribution in [0.5, 0.6) is 11.5 Å². The van der Waals surface area contributed by atoms with Gasteiger partial charge in [0.2, 0.25) is 0 Å². The van der Waals surface area contributed by atoms with Gasteiger partial charge in [-0.1, -0.05) is 30.3 Å². The minimum atomic E-state index is -0.168. The van der Waals surface area contributed by atoms with Crippen LogP contribution in [-0.4, -0.2) is 17.3 Å². The Morgan fingerprint density at radius 3 is 2.45 bits per heavy atom. The number of rotatable bonds is 5. The first-order valence-corrected chi connectivity index (χ1v) is 6.89. The van der Waals surface area contributed by atoms with Crippen molar-refractivity contribution in [1.82, 2.24) is 10.2 Å². The number of aromatic amines is 2. The molecule has 3 rings (SSSR count). The van der Waals surface area contributed by atoms with E-state index < -0.39 is 0 Å². The second-order valence-electron chi connectivity index (χ2n) is 4.81. The molecule has 0 unspecified atom stereocenters. The Morgan fingerprint density at radius 2 is 1.77 bits per heavy atom. The highest BCUT2D eigenvalue weighted by atomic mass is 16.5. The first-order chi connectivity index (χ1) is 10.8. The summed E-state index contributed by atoms with van der Waals surface area (Å²) in [6.07, 6.45) is 0. The molecule has 0 saturated carbocycles. The third-order valence-electron chi connectivity index (χ3n) is 3.31. The highest BCUT2D eigenvalue weighted by Gasteiger charge is 2.08. The minimum Gasteiger partial charge on any atom is -0.493 e. The van der Waals surface area contributed by atoms with Gasteiger partial charge in [-0.05, 0) is 23.8 Å². The van der Waals surface area contributed by atoms with Crippen molar-refractivity contribution in [3.63, 3.8) is 0 Å². The maximum atomic E-state index is 11.2. The number of nitrogens with one attached hydrogen (secondary N) is 2. The number of hydrogen-bond donors (Lipinski definition) is 2. The van der Waals surface area contributed by atoms with Crippen molar-refractivity contribution in [3.05, 3.63) is 70.5 Å². The van der Waals surface area contributed by atoms with Crippen molar-refractivity contribution in [3.8, 4) is 22.8 Å². The van der Waals surface area contributed by atoms with Gasteiger partial charge in [-0.25, -0.2) is 0 Å². The van der Waals surface area contributed by atoms with Crippen LogP contribution in [0.3, 0.4) is 0 Å². The van der Waals surface area contributed by atoms with E-state index in [9.17, 15) is 4.79 Å². The van der Waals surface area contributed by atoms with Gasteiger partial charge in [-0.2, -0.15) is 0 Å². The quantitative estimate of drug-likeness (QED) is 0.760. The molecule has 5 heteroatoms. The summed E-state index contributed by atoms with van der Waals surface area (Å²) in [5, 5.41) is 5.33. The van der Waals surface area contributed by atoms with Gasteiger partial charge >= 0.3 is 0 Å². The Morgan fingerprint density at radius 1 is 0.955 bits per heavy atom. The fourth-order valence-electron chi connectivity index (χ4n) is 2.18. The van der Waals surface area contributed by atoms with Crippen molar-refractivity contribution in [2.45, 2.75) is 6.61 Å². The summed E-state index contributed by atoms with van der Waals surface area (Å²) in [6.45, 7) is 0.470. The Hall–Kier alpha value is -2.95. The fourth-order valence-corrected chi connectivity index (χ4v) is 2.18. The van der Waals surface area contributed by atoms with E-state index in [4.69, 9.17) is 9.47 Å². The van der Waals surface area contributed by atoms with Crippen LogP contribution >= 0.6 is 0 Å². The van der Waals surface area contributed by atoms with Crippen molar-refractivity contribution >= 4 is 0 Å². The predicted octanol–water partition coefficient (Wildman–Crippen LogP) is 2.96. The fraction of sp³-hybridized carbons (Fsp3) is 0.118. The molecule has 3 aromatic rings. The lowest BCUT2D eigenvalue weighted by atomic mass is 10.1. The maximum Gasteiger partial charge on any atom is 0.264 e. The monoisotopic (exact) mass is 296 g/mol. The van der Waals surface area contributed by atoms with E-state index in [2.05, 4.69) is 10.2 Å². The number of benzene rings is 2. The van der Waals surface area contributed by atoms with E-state index in [0.717, 1.165) is 11.1 Å². The Labute approximate surface area is 127 Å². The van der Waals surface area contributed by atoms with E-state index in [-0.39, 0.29) is 5.56 Å². The molecule has 0 spiro atoms. The lowest BCUT2D eigenvalue weighted by Crippen LogP contribution is -1.97. The van der Waals surface area contributed by atoms with E-state index in [1.165, 1.54) is 6.07 Å². The highest BCUT2D eigenvalue weighted by Crippen LogP contribution is 2.32. The van der Waals surface area contributed by atoms with Crippen LogP contribution in [-0.2, 0) is 6.61 Å². The van der Waals surface area contributed by atoms with E-state index >= 15 is 0 Å². The molecular weight excluding hydrogens is 280 g/mol. The second kappa shape index (κ2) is 6.22. The minimum absolute atomic E-state index is 0.168. The molecule has 1 aromatic heterocycles. The third kappa shape index (κ3) is 3.03. The molecular formula is C17H16N2O3. The van der Waals surface area contributed by atoms with E-state index in [0.29, 0.717) is 23.8 Å². The van der Waals surface area contributed by atoms with Gasteiger partial charge in [0, 0.05) is 11.6 Å². The lowest BCUT2D eigenvalue weighted by molar-refractivity contribution is 0.284. The Balaban J connectivity index is 1.81. The van der Waals surface area contributed by atoms with Crippen LogP contribution in [0.15, 0.2) is 59.4 Å². The standard InChI is InChI=1S/C17H16N2O3/c1-21-16-9-13(14-10-17(20)19-18-14)7-8-15(16)22-11-12-5-3-2-4-6-12/h2-10H,11H2,1H3,(H2,18,19,20). The average molecular weight is 296 g/mol. The van der Waals surface area contributed by atoms with Crippen LogP contribution in [0.25, 0.3) is 11.3 Å². The van der Waals surface area contributed by atoms with Gasteiger partial charge in [0.05, 0.1) is 12.8 Å². The summed E-state index contributed by atoms with van der Waals surface area (Å²) in [5.41, 5.74) is 2.47. The maximum absolute atomic E-state index is 11.2. The van der Waals surface area contributed by atoms with Crippen LogP contribution in [0.1, 0.15) is 5.56 Å². The Bertz CT molecular complexity index is 806. The summed E-state index contributed by atoms with van der Waals surface area (Å²) in [7, 11) is 1.59. The zero-order valence-corrected chi connectivity index (χ0v) is 12.1. The SMILES string of the molecule is COc1cc(-c2cc(=O)[nH][nH]2)ccc1OCc1ccccc1. The molecule has 2 N–H and O–H groups in total. The van der Waals surface area contributed by atoms with Crippen LogP contribution < -0.4 is 15.0 Å². The lowest BCUT2D eigenvalue weighted by Gasteiger charge is -2.12. The van der Waals surface area contributed by atoms with Crippen molar-refractivity contribution < 1.29 is 9.47 Å². The van der Waals surface area contributed by atoms with Gasteiger partial charge in [0.25, 0.3) is 5.56 Å². The molecule has 0 fully saturated rings. The van der Waals surface area contributed by atoms with E-state index in [1.807, 2.05) is 48.5 Å². The highest BCUT2D eigenvalue weighted by molar-refractivity contribution is 5.63. The predicted molar refractivity (Wildman–Crippen MR) is 84.2 cm³/mol. The summed E-state index contributed by atoms with van der Waals surface area (Å²) < 4.78 is 11.2. The van der Waals surface area contributed by atoms with Crippen molar-refractivity contribution in [2.24, 2.45) is 0 Å². The molecule has 0 aliphatic carbocycles. The van der Waals surface area contributed by atoms with Gasteiger partial charge in [-0.3, -0.25) is 15.0 Å². The van der Waals surface area contributed by atoms with Gasteiger partial charge in [0.15, 0.2) is 11.5 Å². The van der Waals surface area contributed by atoms with Gasteiger partial charge < -0.3 is 9.47 Å². The smallest absolute Gasteiger partial charge is 0.264 e. The normalized spacial score (nSPS) is 10.4. The zero-order chi connectivity index (χ0) is 15.4. The molecule has 0 amide bonds. The molecule has 22 heavy (non-hydrogen) atoms. The van der Waals surface area contributed by atoms with Crippen molar-refractivity contribution in [1.29, 1.82) is 0 Å². The first-order valence-electron chi connectivity index (χ1n) is 6.89. The summed E-state index contributed by atoms with van der Waals surface area (Å²) >= 11 is 0. The topological polar surface area (TPSA) is 67.1 Å². The molecule has 2 aromatic carbocycles. The molecule has 5 nitrogen and oxygen atoms in total. The van der Waals surface area contributed by atoms with Crippen LogP contribution in [0.4, 0.5) is 0 Å². The second-order valence-corrected chi connectivity index (χ2v) is 4.81. The molecule has 0 aliphatic heterocycles. The van der Waals surface area contributed by atoms with Gasteiger partial charge in [-0.15, -0.1) is 0 Å². The number of methoxy groups -OCH3 is 1. The molecule has 112 valence electrons. The molecule has 0 atom stereocenters. The summed E-state index contributed by atoms with van der Waals surface area (Å²) in [6, 6.07) is 17.0. The molecule has 0 radical (unpaired) electrons. The van der Waals surface area contributed by atoms with Gasteiger partial charge in [0.1, 0.15) is 6.61 Å². The molecule has 0 aliphatic rings. The van der Waals surface area contributed by atoms with Crippen LogP contribution in [0.2, 0.25) is 0 Å². The van der Waals surface area contributed by atoms with Crippen LogP contribution in [0, 0.1) is 0 Å². The number of aromatic nitrogens is 2. The molecule has 0 saturated heterocycles. The molecule has 1 heterocycles. The third-order valence-corrected chi connectivity index (χ3v) is 3.31. The average Bonchev–Trinajstić information content (AvgIpc) is 3.00. The van der Waals surface area contributed by atoms with E-state index in [1.54, 1.807) is 7.11 Å². The first kappa shape index (κ1) is 14.0. The zero-order valence-electron chi connectivity index (χ0n) is 12.1.